The van der Waals surface area contributed by atoms with Crippen LogP contribution >= 0.6 is 0 Å². The van der Waals surface area contributed by atoms with Gasteiger partial charge in [-0.15, -0.1) is 0 Å². The monoisotopic (exact) mass is 363 g/mol. The lowest BCUT2D eigenvalue weighted by atomic mass is 10.2. The molecule has 1 aromatic heterocycles. The lowest BCUT2D eigenvalue weighted by molar-refractivity contribution is -0.131. The highest BCUT2D eigenvalue weighted by Gasteiger charge is 2.21. The number of amides is 2. The summed E-state index contributed by atoms with van der Waals surface area (Å²) in [7, 11) is 0. The van der Waals surface area contributed by atoms with Crippen molar-refractivity contribution in [1.29, 1.82) is 0 Å². The quantitative estimate of drug-likeness (QED) is 0.636. The molecule has 0 aliphatic carbocycles. The third-order valence-corrected chi connectivity index (χ3v) is 4.57. The minimum atomic E-state index is -0.182. The van der Waals surface area contributed by atoms with Gasteiger partial charge in [0.2, 0.25) is 5.91 Å². The van der Waals surface area contributed by atoms with Gasteiger partial charge in [0.15, 0.2) is 0 Å². The minimum absolute atomic E-state index is 0.0679. The molecule has 2 rings (SSSR count). The van der Waals surface area contributed by atoms with Crippen LogP contribution in [0.25, 0.3) is 0 Å². The second-order valence-electron chi connectivity index (χ2n) is 6.15. The van der Waals surface area contributed by atoms with Crippen LogP contribution in [0.2, 0.25) is 0 Å². The molecule has 1 aliphatic heterocycles. The largest absolute Gasteiger partial charge is 0.379 e. The fraction of sp³-hybridized carbons (Fsp3) is 0.667. The fourth-order valence-corrected chi connectivity index (χ4v) is 2.94. The van der Waals surface area contributed by atoms with E-state index in [1.165, 1.54) is 12.4 Å². The molecular formula is C18H29N5O3. The molecule has 0 saturated carbocycles. The fourth-order valence-electron chi connectivity index (χ4n) is 2.94. The van der Waals surface area contributed by atoms with E-state index in [2.05, 4.69) is 14.9 Å². The number of aromatic nitrogens is 2. The van der Waals surface area contributed by atoms with Crippen LogP contribution in [0.15, 0.2) is 18.6 Å². The highest BCUT2D eigenvalue weighted by atomic mass is 16.5. The molecule has 1 saturated heterocycles. The highest BCUT2D eigenvalue weighted by Crippen LogP contribution is 2.05. The number of ether oxygens (including phenoxy) is 1. The van der Waals surface area contributed by atoms with Crippen LogP contribution in [0, 0.1) is 0 Å². The van der Waals surface area contributed by atoms with Crippen molar-refractivity contribution in [1.82, 2.24) is 24.7 Å². The van der Waals surface area contributed by atoms with Crippen LogP contribution in [0.3, 0.4) is 0 Å². The number of hydrogen-bond donors (Lipinski definition) is 0. The van der Waals surface area contributed by atoms with Crippen LogP contribution in [-0.2, 0) is 9.53 Å². The van der Waals surface area contributed by atoms with E-state index in [1.54, 1.807) is 16.0 Å². The number of nitrogens with zero attached hydrogens (tertiary/aromatic N) is 5. The van der Waals surface area contributed by atoms with E-state index in [9.17, 15) is 9.59 Å². The summed E-state index contributed by atoms with van der Waals surface area (Å²) in [5, 5.41) is 0. The van der Waals surface area contributed by atoms with Gasteiger partial charge in [-0.25, -0.2) is 4.98 Å². The summed E-state index contributed by atoms with van der Waals surface area (Å²) in [5.41, 5.74) is 0.310. The van der Waals surface area contributed by atoms with Gasteiger partial charge in [0.1, 0.15) is 5.69 Å². The first kappa shape index (κ1) is 20.3. The molecule has 8 heteroatoms. The van der Waals surface area contributed by atoms with E-state index >= 15 is 0 Å². The molecule has 144 valence electrons. The standard InChI is InChI=1S/C18H29N5O3/c1-3-22(4-2)17(24)5-8-23(10-9-21-11-13-26-14-12-21)18(25)16-15-19-6-7-20-16/h6-7,15H,3-5,8-14H2,1-2H3. The van der Waals surface area contributed by atoms with Gasteiger partial charge in [-0.3, -0.25) is 19.5 Å². The van der Waals surface area contributed by atoms with Crippen molar-refractivity contribution in [2.45, 2.75) is 20.3 Å². The average molecular weight is 363 g/mol. The predicted octanol–water partition coefficient (Wildman–Crippen LogP) is 0.510. The van der Waals surface area contributed by atoms with Crippen molar-refractivity contribution in [3.05, 3.63) is 24.3 Å². The zero-order valence-corrected chi connectivity index (χ0v) is 15.8. The van der Waals surface area contributed by atoms with Crippen LogP contribution in [0.1, 0.15) is 30.8 Å². The predicted molar refractivity (Wildman–Crippen MR) is 97.7 cm³/mol. The SMILES string of the molecule is CCN(CC)C(=O)CCN(CCN1CCOCC1)C(=O)c1cnccn1. The maximum atomic E-state index is 12.8. The first-order valence-electron chi connectivity index (χ1n) is 9.28. The van der Waals surface area contributed by atoms with Gasteiger partial charge in [0, 0.05) is 64.6 Å². The van der Waals surface area contributed by atoms with Gasteiger partial charge in [-0.2, -0.15) is 0 Å². The molecule has 2 heterocycles. The van der Waals surface area contributed by atoms with E-state index in [0.717, 1.165) is 32.8 Å². The third kappa shape index (κ3) is 6.03. The van der Waals surface area contributed by atoms with Crippen LogP contribution < -0.4 is 0 Å². The molecule has 8 nitrogen and oxygen atoms in total. The van der Waals surface area contributed by atoms with Crippen molar-refractivity contribution in [2.24, 2.45) is 0 Å². The van der Waals surface area contributed by atoms with Crippen LogP contribution in [-0.4, -0.2) is 95.5 Å². The Morgan fingerprint density at radius 1 is 1.12 bits per heavy atom. The smallest absolute Gasteiger partial charge is 0.274 e. The second kappa shape index (κ2) is 10.8. The molecule has 1 aromatic rings. The van der Waals surface area contributed by atoms with Crippen LogP contribution in [0.4, 0.5) is 0 Å². The molecule has 26 heavy (non-hydrogen) atoms. The molecule has 0 spiro atoms. The zero-order valence-electron chi connectivity index (χ0n) is 15.8. The Balaban J connectivity index is 1.97. The zero-order chi connectivity index (χ0) is 18.8. The van der Waals surface area contributed by atoms with Crippen LogP contribution in [0.5, 0.6) is 0 Å². The van der Waals surface area contributed by atoms with Crippen molar-refractivity contribution in [3.8, 4) is 0 Å². The van der Waals surface area contributed by atoms with E-state index in [0.29, 0.717) is 38.3 Å². The van der Waals surface area contributed by atoms with Gasteiger partial charge >= 0.3 is 0 Å². The normalized spacial score (nSPS) is 14.8. The Kier molecular flexibility index (Phi) is 8.43. The third-order valence-electron chi connectivity index (χ3n) is 4.57. The van der Waals surface area contributed by atoms with E-state index in [-0.39, 0.29) is 11.8 Å². The Labute approximate surface area is 155 Å². The Hall–Kier alpha value is -2.06. The molecule has 0 N–H and O–H groups in total. The molecule has 1 aliphatic rings. The van der Waals surface area contributed by atoms with Gasteiger partial charge < -0.3 is 14.5 Å². The summed E-state index contributed by atoms with van der Waals surface area (Å²) < 4.78 is 5.36. The Morgan fingerprint density at radius 2 is 1.85 bits per heavy atom. The molecule has 0 bridgehead atoms. The maximum Gasteiger partial charge on any atom is 0.274 e. The Morgan fingerprint density at radius 3 is 2.46 bits per heavy atom. The molecule has 2 amide bonds. The van der Waals surface area contributed by atoms with E-state index in [1.807, 2.05) is 13.8 Å². The number of rotatable bonds is 9. The van der Waals surface area contributed by atoms with Gasteiger partial charge in [0.25, 0.3) is 5.91 Å². The summed E-state index contributed by atoms with van der Waals surface area (Å²) >= 11 is 0. The van der Waals surface area contributed by atoms with E-state index in [4.69, 9.17) is 4.74 Å². The lowest BCUT2D eigenvalue weighted by Crippen LogP contribution is -2.44. The van der Waals surface area contributed by atoms with Crippen molar-refractivity contribution < 1.29 is 14.3 Å². The highest BCUT2D eigenvalue weighted by molar-refractivity contribution is 5.92. The first-order valence-corrected chi connectivity index (χ1v) is 9.28. The number of hydrogen-bond acceptors (Lipinski definition) is 6. The van der Waals surface area contributed by atoms with Gasteiger partial charge in [-0.05, 0) is 13.8 Å². The number of carbonyl (C=O) groups is 2. The molecule has 0 atom stereocenters. The summed E-state index contributed by atoms with van der Waals surface area (Å²) in [6, 6.07) is 0. The molecule has 0 aromatic carbocycles. The summed E-state index contributed by atoms with van der Waals surface area (Å²) in [5.74, 6) is -0.114. The number of morpholine rings is 1. The maximum absolute atomic E-state index is 12.8. The Bertz CT molecular complexity index is 559. The minimum Gasteiger partial charge on any atom is -0.379 e. The summed E-state index contributed by atoms with van der Waals surface area (Å²) in [4.78, 5) is 38.9. The lowest BCUT2D eigenvalue weighted by Gasteiger charge is -2.30. The first-order chi connectivity index (χ1) is 12.7. The summed E-state index contributed by atoms with van der Waals surface area (Å²) in [6.07, 6.45) is 4.83. The number of carbonyl (C=O) groups excluding carboxylic acids is 2. The van der Waals surface area contributed by atoms with Crippen molar-refractivity contribution in [2.75, 3.05) is 59.0 Å². The van der Waals surface area contributed by atoms with Gasteiger partial charge in [-0.1, -0.05) is 0 Å². The van der Waals surface area contributed by atoms with Gasteiger partial charge in [0.05, 0.1) is 19.4 Å². The summed E-state index contributed by atoms with van der Waals surface area (Å²) in [6.45, 7) is 10.2. The molecule has 1 fully saturated rings. The topological polar surface area (TPSA) is 78.9 Å². The molecular weight excluding hydrogens is 334 g/mol. The molecule has 0 unspecified atom stereocenters. The molecule has 0 radical (unpaired) electrons. The van der Waals surface area contributed by atoms with Crippen molar-refractivity contribution >= 4 is 11.8 Å². The average Bonchev–Trinajstić information content (AvgIpc) is 2.70. The second-order valence-corrected chi connectivity index (χ2v) is 6.15. The van der Waals surface area contributed by atoms with Crippen molar-refractivity contribution in [3.63, 3.8) is 0 Å². The van der Waals surface area contributed by atoms with E-state index < -0.39 is 0 Å².